The molecule has 0 aliphatic heterocycles. The number of anilines is 1. The molecule has 4 rings (SSSR count). The molecule has 0 saturated heterocycles. The lowest BCUT2D eigenvalue weighted by Crippen LogP contribution is -2.24. The van der Waals surface area contributed by atoms with Gasteiger partial charge < -0.3 is 5.32 Å². The zero-order chi connectivity index (χ0) is 17.7. The van der Waals surface area contributed by atoms with Gasteiger partial charge in [-0.25, -0.2) is 0 Å². The molecule has 1 heterocycles. The Hall–Kier alpha value is -1.84. The highest BCUT2D eigenvalue weighted by Crippen LogP contribution is 2.54. The Labute approximate surface area is 150 Å². The minimum atomic E-state index is -0.0777. The van der Waals surface area contributed by atoms with Crippen molar-refractivity contribution in [3.8, 4) is 0 Å². The molecule has 2 saturated carbocycles. The minimum absolute atomic E-state index is 0.0777. The molecule has 0 bridgehead atoms. The van der Waals surface area contributed by atoms with E-state index in [1.54, 1.807) is 10.3 Å². The molecule has 2 fully saturated rings. The van der Waals surface area contributed by atoms with E-state index >= 15 is 0 Å². The van der Waals surface area contributed by atoms with Gasteiger partial charge in [-0.15, -0.1) is 0 Å². The van der Waals surface area contributed by atoms with Crippen LogP contribution in [0.15, 0.2) is 29.4 Å². The highest BCUT2D eigenvalue weighted by Gasteiger charge is 2.45. The molecule has 4 heteroatoms. The third-order valence-electron chi connectivity index (χ3n) is 5.87. The number of hydrogen-bond donors (Lipinski definition) is 1. The zero-order valence-corrected chi connectivity index (χ0v) is 15.7. The van der Waals surface area contributed by atoms with Crippen molar-refractivity contribution in [3.05, 3.63) is 35.1 Å². The van der Waals surface area contributed by atoms with Gasteiger partial charge in [0.15, 0.2) is 0 Å². The number of aromatic nitrogens is 2. The first-order valence-electron chi connectivity index (χ1n) is 9.69. The first-order valence-corrected chi connectivity index (χ1v) is 9.69. The van der Waals surface area contributed by atoms with Crippen molar-refractivity contribution < 1.29 is 4.79 Å². The molecule has 0 radical (unpaired) electrons. The predicted molar refractivity (Wildman–Crippen MR) is 100 cm³/mol. The number of carbonyl (C=O) groups excluding carboxylic acids is 1. The highest BCUT2D eigenvalue weighted by molar-refractivity contribution is 5.93. The van der Waals surface area contributed by atoms with Crippen LogP contribution in [-0.4, -0.2) is 15.7 Å². The Morgan fingerprint density at radius 3 is 2.72 bits per heavy atom. The van der Waals surface area contributed by atoms with Gasteiger partial charge in [-0.2, -0.15) is 5.10 Å². The Kier molecular flexibility index (Phi) is 4.09. The molecule has 3 aliphatic carbocycles. The molecule has 1 N–H and O–H groups in total. The van der Waals surface area contributed by atoms with E-state index in [0.717, 1.165) is 11.5 Å². The summed E-state index contributed by atoms with van der Waals surface area (Å²) in [6.45, 7) is 6.59. The maximum absolute atomic E-state index is 12.8. The topological polar surface area (TPSA) is 46.9 Å². The number of carbonyl (C=O) groups is 1. The second-order valence-corrected chi connectivity index (χ2v) is 8.52. The summed E-state index contributed by atoms with van der Waals surface area (Å²) >= 11 is 0. The second-order valence-electron chi connectivity index (χ2n) is 8.52. The first kappa shape index (κ1) is 16.6. The van der Waals surface area contributed by atoms with Crippen LogP contribution in [0.2, 0.25) is 0 Å². The van der Waals surface area contributed by atoms with Crippen LogP contribution in [0.3, 0.4) is 0 Å². The molecule has 0 aromatic carbocycles. The van der Waals surface area contributed by atoms with Crippen molar-refractivity contribution in [2.24, 2.45) is 30.7 Å². The van der Waals surface area contributed by atoms with E-state index in [9.17, 15) is 4.79 Å². The number of aryl methyl sites for hydroxylation is 1. The molecule has 25 heavy (non-hydrogen) atoms. The van der Waals surface area contributed by atoms with E-state index in [1.165, 1.54) is 31.3 Å². The Morgan fingerprint density at radius 1 is 1.28 bits per heavy atom. The van der Waals surface area contributed by atoms with Crippen molar-refractivity contribution in [2.45, 2.75) is 52.4 Å². The molecule has 3 aliphatic rings. The number of hydrogen-bond acceptors (Lipinski definition) is 2. The van der Waals surface area contributed by atoms with Gasteiger partial charge in [-0.1, -0.05) is 37.1 Å². The number of nitrogens with zero attached hydrogens (tertiary/aromatic N) is 2. The molecular weight excluding hydrogens is 310 g/mol. The van der Waals surface area contributed by atoms with E-state index in [4.69, 9.17) is 0 Å². The summed E-state index contributed by atoms with van der Waals surface area (Å²) in [4.78, 5) is 12.8. The average Bonchev–Trinajstić information content (AvgIpc) is 3.45. The molecular formula is C21H29N3O. The van der Waals surface area contributed by atoms with Crippen molar-refractivity contribution in [3.63, 3.8) is 0 Å². The molecule has 3 unspecified atom stereocenters. The van der Waals surface area contributed by atoms with Gasteiger partial charge in [-0.05, 0) is 50.4 Å². The van der Waals surface area contributed by atoms with E-state index in [0.29, 0.717) is 23.7 Å². The van der Waals surface area contributed by atoms with E-state index in [2.05, 4.69) is 36.4 Å². The fourth-order valence-electron chi connectivity index (χ4n) is 4.15. The number of amides is 1. The van der Waals surface area contributed by atoms with Crippen LogP contribution in [0.5, 0.6) is 0 Å². The fourth-order valence-corrected chi connectivity index (χ4v) is 4.15. The normalized spacial score (nSPS) is 26.0. The number of rotatable bonds is 6. The van der Waals surface area contributed by atoms with Crippen LogP contribution >= 0.6 is 0 Å². The summed E-state index contributed by atoms with van der Waals surface area (Å²) in [6.07, 6.45) is 9.35. The van der Waals surface area contributed by atoms with Crippen LogP contribution in [0.4, 0.5) is 5.82 Å². The zero-order valence-electron chi connectivity index (χ0n) is 15.7. The molecule has 1 amide bonds. The molecule has 3 atom stereocenters. The van der Waals surface area contributed by atoms with E-state index in [1.807, 2.05) is 20.0 Å². The molecule has 134 valence electrons. The monoisotopic (exact) mass is 339 g/mol. The van der Waals surface area contributed by atoms with Gasteiger partial charge in [0.2, 0.25) is 5.91 Å². The first-order chi connectivity index (χ1) is 11.9. The van der Waals surface area contributed by atoms with E-state index < -0.39 is 0 Å². The van der Waals surface area contributed by atoms with Crippen LogP contribution in [0, 0.1) is 23.7 Å². The van der Waals surface area contributed by atoms with Crippen molar-refractivity contribution in [1.82, 2.24) is 9.78 Å². The molecule has 1 aromatic rings. The third kappa shape index (κ3) is 3.31. The van der Waals surface area contributed by atoms with Crippen LogP contribution in [0.1, 0.15) is 58.1 Å². The molecule has 4 nitrogen and oxygen atoms in total. The quantitative estimate of drug-likeness (QED) is 0.834. The van der Waals surface area contributed by atoms with Crippen molar-refractivity contribution in [2.75, 3.05) is 5.32 Å². The van der Waals surface area contributed by atoms with Gasteiger partial charge in [-0.3, -0.25) is 9.48 Å². The fraction of sp³-hybridized carbons (Fsp3) is 0.619. The second kappa shape index (κ2) is 6.15. The summed E-state index contributed by atoms with van der Waals surface area (Å²) in [7, 11) is 1.91. The molecule has 1 aromatic heterocycles. The summed E-state index contributed by atoms with van der Waals surface area (Å²) in [6, 6.07) is 2.04. The number of allylic oxidation sites excluding steroid dienone is 3. The van der Waals surface area contributed by atoms with Crippen LogP contribution in [-0.2, 0) is 11.8 Å². The van der Waals surface area contributed by atoms with Crippen LogP contribution in [0.25, 0.3) is 0 Å². The summed E-state index contributed by atoms with van der Waals surface area (Å²) < 4.78 is 1.80. The van der Waals surface area contributed by atoms with Crippen molar-refractivity contribution >= 4 is 11.7 Å². The Bertz CT molecular complexity index is 751. The molecule has 0 spiro atoms. The lowest BCUT2D eigenvalue weighted by Gasteiger charge is -2.20. The van der Waals surface area contributed by atoms with Crippen LogP contribution < -0.4 is 5.32 Å². The smallest absolute Gasteiger partial charge is 0.232 e. The Balaban J connectivity index is 1.44. The van der Waals surface area contributed by atoms with Gasteiger partial charge >= 0.3 is 0 Å². The maximum Gasteiger partial charge on any atom is 0.232 e. The average molecular weight is 339 g/mol. The summed E-state index contributed by atoms with van der Waals surface area (Å²) in [5, 5.41) is 7.63. The van der Waals surface area contributed by atoms with Gasteiger partial charge in [0.25, 0.3) is 0 Å². The number of fused-ring (bicyclic) bond motifs is 1. The van der Waals surface area contributed by atoms with Gasteiger partial charge in [0, 0.05) is 19.0 Å². The predicted octanol–water partition coefficient (Wildman–Crippen LogP) is 4.42. The Morgan fingerprint density at radius 2 is 2.04 bits per heavy atom. The van der Waals surface area contributed by atoms with E-state index in [-0.39, 0.29) is 11.8 Å². The number of nitrogens with one attached hydrogen (secondary N) is 1. The maximum atomic E-state index is 12.8. The van der Waals surface area contributed by atoms with Gasteiger partial charge in [0.05, 0.1) is 11.6 Å². The summed E-state index contributed by atoms with van der Waals surface area (Å²) in [5.41, 5.74) is 4.00. The minimum Gasteiger partial charge on any atom is -0.310 e. The summed E-state index contributed by atoms with van der Waals surface area (Å²) in [5.74, 6) is 3.41. The lowest BCUT2D eigenvalue weighted by atomic mass is 9.87. The lowest BCUT2D eigenvalue weighted by molar-refractivity contribution is -0.118. The highest BCUT2D eigenvalue weighted by atomic mass is 16.2. The SMILES string of the molecule is CC(C)CC1=CC=C(C(C)C(=O)Nc2cc(C3CC3)nn2C)C2CC12. The standard InChI is InChI=1S/C21H29N3O/c1-12(2)9-15-7-8-16(18-10-17(15)18)13(3)21(25)22-20-11-19(14-5-6-14)23-24(20)4/h7-8,11-14,17-18H,5-6,9-10H2,1-4H3,(H,22,25). The third-order valence-corrected chi connectivity index (χ3v) is 5.87. The largest absolute Gasteiger partial charge is 0.310 e. The van der Waals surface area contributed by atoms with Crippen molar-refractivity contribution in [1.29, 1.82) is 0 Å². The van der Waals surface area contributed by atoms with Gasteiger partial charge in [0.1, 0.15) is 5.82 Å².